The summed E-state index contributed by atoms with van der Waals surface area (Å²) in [5, 5.41) is 0. The fraction of sp³-hybridized carbons (Fsp3) is 0.231. The molecule has 6 aromatic rings. The summed E-state index contributed by atoms with van der Waals surface area (Å²) in [6.45, 7) is 9.04. The third kappa shape index (κ3) is 5.31. The summed E-state index contributed by atoms with van der Waals surface area (Å²) in [6, 6.07) is 46.4. The van der Waals surface area contributed by atoms with Gasteiger partial charge in [0.05, 0.1) is 30.7 Å². The Morgan fingerprint density at radius 2 is 1.00 bits per heavy atom. The van der Waals surface area contributed by atoms with Crippen LogP contribution >= 0.6 is 0 Å². The van der Waals surface area contributed by atoms with Crippen LogP contribution in [-0.4, -0.2) is 39.8 Å². The van der Waals surface area contributed by atoms with Crippen molar-refractivity contribution in [3.8, 4) is 45.3 Å². The minimum absolute atomic E-state index is 0.267. The predicted octanol–water partition coefficient (Wildman–Crippen LogP) is 11.8. The first kappa shape index (κ1) is 37.2. The minimum Gasteiger partial charge on any atom is -0.493 e. The lowest BCUT2D eigenvalue weighted by Gasteiger charge is -2.46. The predicted molar refractivity (Wildman–Crippen MR) is 237 cm³/mol. The van der Waals surface area contributed by atoms with Crippen molar-refractivity contribution in [2.24, 2.45) is 0 Å². The number of likely N-dealkylation sites (N-methyl/N-ethyl adjacent to an activating group) is 2. The number of rotatable bonds is 4. The summed E-state index contributed by atoms with van der Waals surface area (Å²) in [4.78, 5) is 4.54. The Morgan fingerprint density at radius 1 is 0.483 bits per heavy atom. The highest BCUT2D eigenvalue weighted by Crippen LogP contribution is 2.58. The number of methoxy groups -OCH3 is 2. The Kier molecular flexibility index (Phi) is 8.73. The fourth-order valence-electron chi connectivity index (χ4n) is 9.65. The molecule has 0 fully saturated rings. The molecule has 0 radical (unpaired) electrons. The maximum Gasteiger partial charge on any atom is 0.212 e. The van der Waals surface area contributed by atoms with E-state index in [4.69, 9.17) is 18.9 Å². The smallest absolute Gasteiger partial charge is 0.212 e. The van der Waals surface area contributed by atoms with E-state index in [0.717, 1.165) is 34.1 Å². The molecule has 2 spiro atoms. The molecule has 4 heterocycles. The van der Waals surface area contributed by atoms with Crippen LogP contribution in [0.3, 0.4) is 0 Å². The van der Waals surface area contributed by atoms with Crippen molar-refractivity contribution in [1.29, 1.82) is 0 Å². The Morgan fingerprint density at radius 3 is 1.57 bits per heavy atom. The summed E-state index contributed by atoms with van der Waals surface area (Å²) in [5.74, 6) is 3.12. The molecule has 0 saturated carbocycles. The molecule has 6 heteroatoms. The van der Waals surface area contributed by atoms with Crippen LogP contribution < -0.4 is 28.7 Å². The number of hydrogen-bond donors (Lipinski definition) is 0. The summed E-state index contributed by atoms with van der Waals surface area (Å²) in [6.07, 6.45) is 8.71. The van der Waals surface area contributed by atoms with Gasteiger partial charge in [0, 0.05) is 36.5 Å². The van der Waals surface area contributed by atoms with E-state index < -0.39 is 11.4 Å². The number of para-hydroxylation sites is 3. The molecule has 4 aliphatic heterocycles. The van der Waals surface area contributed by atoms with Crippen LogP contribution in [0.5, 0.6) is 23.0 Å². The van der Waals surface area contributed by atoms with Gasteiger partial charge in [-0.1, -0.05) is 109 Å². The van der Waals surface area contributed by atoms with Crippen LogP contribution in [0.2, 0.25) is 0 Å². The third-order valence-electron chi connectivity index (χ3n) is 13.0. The van der Waals surface area contributed by atoms with E-state index in [9.17, 15) is 0 Å². The molecule has 10 rings (SSSR count). The molecule has 0 saturated heterocycles. The highest BCUT2D eigenvalue weighted by Gasteiger charge is 2.59. The molecule has 2 unspecified atom stereocenters. The van der Waals surface area contributed by atoms with Crippen molar-refractivity contribution in [1.82, 2.24) is 0 Å². The molecule has 2 atom stereocenters. The summed E-state index contributed by atoms with van der Waals surface area (Å²) >= 11 is 0. The van der Waals surface area contributed by atoms with Crippen LogP contribution in [0.25, 0.3) is 34.4 Å². The molecule has 0 aromatic heterocycles. The second-order valence-electron chi connectivity index (χ2n) is 16.6. The highest BCUT2D eigenvalue weighted by molar-refractivity contribution is 5.87. The number of fused-ring (bicyclic) bond motifs is 4. The van der Waals surface area contributed by atoms with Gasteiger partial charge < -0.3 is 28.7 Å². The van der Waals surface area contributed by atoms with Gasteiger partial charge in [-0.25, -0.2) is 0 Å². The summed E-state index contributed by atoms with van der Waals surface area (Å²) < 4.78 is 24.8. The van der Waals surface area contributed by atoms with E-state index >= 15 is 0 Å². The second kappa shape index (κ2) is 13.6. The molecule has 292 valence electrons. The second-order valence-corrected chi connectivity index (χ2v) is 16.6. The first-order valence-corrected chi connectivity index (χ1v) is 19.9. The van der Waals surface area contributed by atoms with E-state index in [1.807, 2.05) is 24.3 Å². The maximum atomic E-state index is 6.82. The lowest BCUT2D eigenvalue weighted by atomic mass is 9.76. The zero-order chi connectivity index (χ0) is 40.5. The van der Waals surface area contributed by atoms with Crippen LogP contribution in [-0.2, 0) is 10.8 Å². The van der Waals surface area contributed by atoms with Gasteiger partial charge in [0.1, 0.15) is 0 Å². The normalized spacial score (nSPS) is 20.9. The van der Waals surface area contributed by atoms with E-state index in [1.165, 1.54) is 44.8 Å². The van der Waals surface area contributed by atoms with Gasteiger partial charge in [-0.2, -0.15) is 0 Å². The fourth-order valence-corrected chi connectivity index (χ4v) is 9.65. The topological polar surface area (TPSA) is 43.4 Å². The van der Waals surface area contributed by atoms with Crippen molar-refractivity contribution < 1.29 is 18.9 Å². The van der Waals surface area contributed by atoms with Crippen LogP contribution in [0, 0.1) is 0 Å². The lowest BCUT2D eigenvalue weighted by Crippen LogP contribution is -2.58. The van der Waals surface area contributed by atoms with E-state index in [2.05, 4.69) is 185 Å². The van der Waals surface area contributed by atoms with Gasteiger partial charge >= 0.3 is 0 Å². The minimum atomic E-state index is -0.637. The largest absolute Gasteiger partial charge is 0.493 e. The van der Waals surface area contributed by atoms with E-state index in [1.54, 1.807) is 14.2 Å². The van der Waals surface area contributed by atoms with Crippen LogP contribution in [0.1, 0.15) is 49.9 Å². The van der Waals surface area contributed by atoms with Crippen LogP contribution in [0.4, 0.5) is 11.4 Å². The Labute approximate surface area is 342 Å². The van der Waals surface area contributed by atoms with Gasteiger partial charge in [-0.15, -0.1) is 0 Å². The SMILES string of the molecule is COc1cccc2c1OC1(C=C2)N(C)c2c(-c3ccccc3)cccc2C1(C)C.COc1cccc2c1OC1(C=C2)N(C)c2ccc(-c3ccccc3)cc2C1(C)C. The summed E-state index contributed by atoms with van der Waals surface area (Å²) in [7, 11) is 7.62. The Bertz CT molecular complexity index is 2590. The number of ether oxygens (including phenoxy) is 4. The van der Waals surface area contributed by atoms with Crippen molar-refractivity contribution in [3.05, 3.63) is 168 Å². The van der Waals surface area contributed by atoms with Crippen molar-refractivity contribution in [2.45, 2.75) is 50.0 Å². The Balaban J connectivity index is 0.000000150. The average molecular weight is 767 g/mol. The summed E-state index contributed by atoms with van der Waals surface area (Å²) in [5.41, 5.74) is 10.1. The van der Waals surface area contributed by atoms with E-state index in [0.29, 0.717) is 0 Å². The Hall–Kier alpha value is -6.40. The molecule has 6 nitrogen and oxygen atoms in total. The quantitative estimate of drug-likeness (QED) is 0.178. The number of hydrogen-bond acceptors (Lipinski definition) is 6. The molecule has 6 aromatic carbocycles. The zero-order valence-corrected chi connectivity index (χ0v) is 34.5. The monoisotopic (exact) mass is 766 g/mol. The van der Waals surface area contributed by atoms with Crippen molar-refractivity contribution >= 4 is 23.5 Å². The van der Waals surface area contributed by atoms with Gasteiger partial charge in [0.2, 0.25) is 11.4 Å². The molecule has 58 heavy (non-hydrogen) atoms. The molecular weight excluding hydrogens is 717 g/mol. The molecule has 0 N–H and O–H groups in total. The maximum absolute atomic E-state index is 6.82. The zero-order valence-electron chi connectivity index (χ0n) is 34.5. The lowest BCUT2D eigenvalue weighted by molar-refractivity contribution is 0.0552. The first-order valence-electron chi connectivity index (χ1n) is 19.9. The third-order valence-corrected chi connectivity index (χ3v) is 13.0. The standard InChI is InChI=1S/2C26H25NO2/c1-25(2)21-14-9-13-20(18-10-6-5-7-11-18)23(21)27(3)26(25)17-16-19-12-8-15-22(28-4)24(19)29-26;1-25(2)21-17-20(18-9-6-5-7-10-18)13-14-22(21)27(3)26(25)16-15-19-11-8-12-23(28-4)24(19)29-26/h2*5-17H,1-4H3. The van der Waals surface area contributed by atoms with Crippen LogP contribution in [0.15, 0.2) is 146 Å². The van der Waals surface area contributed by atoms with Gasteiger partial charge in [-0.3, -0.25) is 0 Å². The van der Waals surface area contributed by atoms with Crippen molar-refractivity contribution in [2.75, 3.05) is 38.1 Å². The molecule has 0 amide bonds. The van der Waals surface area contributed by atoms with Gasteiger partial charge in [0.15, 0.2) is 23.0 Å². The van der Waals surface area contributed by atoms with E-state index in [-0.39, 0.29) is 10.8 Å². The molecule has 4 aliphatic rings. The van der Waals surface area contributed by atoms with Gasteiger partial charge in [-0.05, 0) is 104 Å². The number of nitrogens with zero attached hydrogens (tertiary/aromatic N) is 2. The first-order chi connectivity index (χ1) is 28.0. The molecule has 0 aliphatic carbocycles. The number of benzene rings is 6. The molecular formula is C52H50N2O4. The molecule has 0 bridgehead atoms. The number of anilines is 2. The highest BCUT2D eigenvalue weighted by atomic mass is 16.6. The van der Waals surface area contributed by atoms with Crippen molar-refractivity contribution in [3.63, 3.8) is 0 Å². The average Bonchev–Trinajstić information content (AvgIpc) is 3.53. The van der Waals surface area contributed by atoms with Gasteiger partial charge in [0.25, 0.3) is 0 Å².